The van der Waals surface area contributed by atoms with Crippen LogP contribution in [0.15, 0.2) is 22.9 Å². The van der Waals surface area contributed by atoms with Crippen molar-refractivity contribution in [3.05, 3.63) is 28.5 Å². The van der Waals surface area contributed by atoms with Crippen LogP contribution in [0.3, 0.4) is 0 Å². The van der Waals surface area contributed by atoms with Crippen LogP contribution in [0, 0.1) is 0 Å². The zero-order valence-corrected chi connectivity index (χ0v) is 11.3. The minimum Gasteiger partial charge on any atom is -0.368 e. The van der Waals surface area contributed by atoms with Crippen molar-refractivity contribution in [3.63, 3.8) is 0 Å². The number of amides is 2. The summed E-state index contributed by atoms with van der Waals surface area (Å²) in [7, 11) is 0. The molecule has 0 bridgehead atoms. The molecule has 0 saturated carbocycles. The summed E-state index contributed by atoms with van der Waals surface area (Å²) in [6.45, 7) is 2.58. The lowest BCUT2D eigenvalue weighted by Crippen LogP contribution is -2.38. The van der Waals surface area contributed by atoms with E-state index in [4.69, 9.17) is 5.73 Å². The van der Waals surface area contributed by atoms with Gasteiger partial charge in [0.2, 0.25) is 11.8 Å². The first-order valence-corrected chi connectivity index (χ1v) is 6.85. The Morgan fingerprint density at radius 3 is 2.83 bits per heavy atom. The standard InChI is InChI=1S/C13H18N2O2S/c1-2-3-7-15(9-12(14)16)13(17)5-4-11-6-8-18-10-11/h4-6,8,10H,2-3,7,9H2,1H3,(H2,14,16)/b5-4+. The SMILES string of the molecule is CCCCN(CC(N)=O)C(=O)/C=C/c1ccsc1. The van der Waals surface area contributed by atoms with E-state index in [1.807, 2.05) is 23.8 Å². The van der Waals surface area contributed by atoms with E-state index in [1.54, 1.807) is 17.4 Å². The monoisotopic (exact) mass is 266 g/mol. The molecular weight excluding hydrogens is 248 g/mol. The molecule has 1 rings (SSSR count). The van der Waals surface area contributed by atoms with E-state index < -0.39 is 5.91 Å². The predicted molar refractivity (Wildman–Crippen MR) is 74.0 cm³/mol. The van der Waals surface area contributed by atoms with Gasteiger partial charge in [-0.15, -0.1) is 0 Å². The molecule has 0 unspecified atom stereocenters. The number of thiophene rings is 1. The average molecular weight is 266 g/mol. The maximum Gasteiger partial charge on any atom is 0.247 e. The summed E-state index contributed by atoms with van der Waals surface area (Å²) in [5, 5.41) is 3.90. The van der Waals surface area contributed by atoms with Crippen LogP contribution in [0.25, 0.3) is 6.08 Å². The molecule has 1 aromatic heterocycles. The van der Waals surface area contributed by atoms with Gasteiger partial charge < -0.3 is 10.6 Å². The van der Waals surface area contributed by atoms with Gasteiger partial charge in [0, 0.05) is 12.6 Å². The van der Waals surface area contributed by atoms with Gasteiger partial charge in [0.25, 0.3) is 0 Å². The third-order valence-corrected chi connectivity index (χ3v) is 3.10. The van der Waals surface area contributed by atoms with E-state index in [9.17, 15) is 9.59 Å². The number of hydrogen-bond acceptors (Lipinski definition) is 3. The smallest absolute Gasteiger partial charge is 0.247 e. The van der Waals surface area contributed by atoms with Gasteiger partial charge in [0.1, 0.15) is 0 Å². The first-order chi connectivity index (χ1) is 8.63. The Labute approximate surface area is 111 Å². The van der Waals surface area contributed by atoms with E-state index in [0.717, 1.165) is 18.4 Å². The fraction of sp³-hybridized carbons (Fsp3) is 0.385. The van der Waals surface area contributed by atoms with Gasteiger partial charge in [-0.3, -0.25) is 9.59 Å². The normalized spacial score (nSPS) is 10.7. The second-order valence-electron chi connectivity index (χ2n) is 3.97. The highest BCUT2D eigenvalue weighted by atomic mass is 32.1. The molecule has 0 atom stereocenters. The van der Waals surface area contributed by atoms with Crippen LogP contribution in [-0.2, 0) is 9.59 Å². The first-order valence-electron chi connectivity index (χ1n) is 5.91. The Morgan fingerprint density at radius 2 is 2.28 bits per heavy atom. The quantitative estimate of drug-likeness (QED) is 0.766. The first kappa shape index (κ1) is 14.4. The van der Waals surface area contributed by atoms with Crippen molar-refractivity contribution in [2.75, 3.05) is 13.1 Å². The van der Waals surface area contributed by atoms with Crippen LogP contribution in [0.4, 0.5) is 0 Å². The summed E-state index contributed by atoms with van der Waals surface area (Å²) in [5.74, 6) is -0.656. The second kappa shape index (κ2) is 7.66. The van der Waals surface area contributed by atoms with Crippen molar-refractivity contribution in [2.24, 2.45) is 5.73 Å². The van der Waals surface area contributed by atoms with Crippen molar-refractivity contribution in [2.45, 2.75) is 19.8 Å². The van der Waals surface area contributed by atoms with Gasteiger partial charge in [-0.1, -0.05) is 13.3 Å². The lowest BCUT2D eigenvalue weighted by molar-refractivity contribution is -0.131. The van der Waals surface area contributed by atoms with Gasteiger partial charge >= 0.3 is 0 Å². The van der Waals surface area contributed by atoms with Crippen LogP contribution in [0.5, 0.6) is 0 Å². The molecule has 0 aliphatic heterocycles. The predicted octanol–water partition coefficient (Wildman–Crippen LogP) is 1.88. The Hall–Kier alpha value is -1.62. The van der Waals surface area contributed by atoms with Crippen molar-refractivity contribution in [3.8, 4) is 0 Å². The molecule has 0 spiro atoms. The van der Waals surface area contributed by atoms with Crippen molar-refractivity contribution in [1.29, 1.82) is 0 Å². The Bertz CT molecular complexity index is 413. The lowest BCUT2D eigenvalue weighted by atomic mass is 10.2. The summed E-state index contributed by atoms with van der Waals surface area (Å²) in [6.07, 6.45) is 5.07. The van der Waals surface area contributed by atoms with Crippen LogP contribution in [0.2, 0.25) is 0 Å². The van der Waals surface area contributed by atoms with E-state index in [2.05, 4.69) is 0 Å². The molecule has 0 aromatic carbocycles. The molecule has 2 N–H and O–H groups in total. The minimum absolute atomic E-state index is 0.0210. The molecule has 5 heteroatoms. The fourth-order valence-electron chi connectivity index (χ4n) is 1.45. The molecule has 0 fully saturated rings. The number of nitrogens with two attached hydrogens (primary N) is 1. The van der Waals surface area contributed by atoms with Crippen molar-refractivity contribution < 1.29 is 9.59 Å². The van der Waals surface area contributed by atoms with Gasteiger partial charge in [0.05, 0.1) is 6.54 Å². The Morgan fingerprint density at radius 1 is 1.50 bits per heavy atom. The molecule has 18 heavy (non-hydrogen) atoms. The van der Waals surface area contributed by atoms with E-state index in [-0.39, 0.29) is 12.5 Å². The second-order valence-corrected chi connectivity index (χ2v) is 4.75. The molecule has 0 saturated heterocycles. The average Bonchev–Trinajstić information content (AvgIpc) is 2.84. The summed E-state index contributed by atoms with van der Waals surface area (Å²) in [5.41, 5.74) is 6.13. The fourth-order valence-corrected chi connectivity index (χ4v) is 2.08. The molecule has 2 amide bonds. The lowest BCUT2D eigenvalue weighted by Gasteiger charge is -2.18. The van der Waals surface area contributed by atoms with E-state index in [0.29, 0.717) is 6.54 Å². The topological polar surface area (TPSA) is 63.4 Å². The van der Waals surface area contributed by atoms with Crippen LogP contribution in [0.1, 0.15) is 25.3 Å². The third kappa shape index (κ3) is 5.14. The molecule has 0 aliphatic rings. The Kier molecular flexibility index (Phi) is 6.14. The Balaban J connectivity index is 2.60. The van der Waals surface area contributed by atoms with Crippen LogP contribution in [-0.4, -0.2) is 29.8 Å². The number of rotatable bonds is 7. The summed E-state index contributed by atoms with van der Waals surface area (Å²) < 4.78 is 0. The molecular formula is C13H18N2O2S. The largest absolute Gasteiger partial charge is 0.368 e. The van der Waals surface area contributed by atoms with Crippen LogP contribution < -0.4 is 5.73 Å². The molecule has 4 nitrogen and oxygen atoms in total. The maximum absolute atomic E-state index is 11.9. The summed E-state index contributed by atoms with van der Waals surface area (Å²) in [4.78, 5) is 24.3. The molecule has 0 aliphatic carbocycles. The number of nitrogens with zero attached hydrogens (tertiary/aromatic N) is 1. The number of unbranched alkanes of at least 4 members (excludes halogenated alkanes) is 1. The van der Waals surface area contributed by atoms with E-state index in [1.165, 1.54) is 11.0 Å². The van der Waals surface area contributed by atoms with Gasteiger partial charge in [-0.25, -0.2) is 0 Å². The van der Waals surface area contributed by atoms with E-state index >= 15 is 0 Å². The number of carbonyl (C=O) groups is 2. The molecule has 1 aromatic rings. The number of hydrogen-bond donors (Lipinski definition) is 1. The highest BCUT2D eigenvalue weighted by Gasteiger charge is 2.12. The van der Waals surface area contributed by atoms with Gasteiger partial charge in [-0.05, 0) is 34.9 Å². The summed E-state index contributed by atoms with van der Waals surface area (Å²) >= 11 is 1.57. The maximum atomic E-state index is 11.9. The van der Waals surface area contributed by atoms with Gasteiger partial charge in [-0.2, -0.15) is 11.3 Å². The summed E-state index contributed by atoms with van der Waals surface area (Å²) in [6, 6.07) is 1.93. The van der Waals surface area contributed by atoms with Crippen LogP contribution >= 0.6 is 11.3 Å². The zero-order chi connectivity index (χ0) is 13.4. The molecule has 98 valence electrons. The molecule has 0 radical (unpaired) electrons. The zero-order valence-electron chi connectivity index (χ0n) is 10.5. The highest BCUT2D eigenvalue weighted by molar-refractivity contribution is 7.08. The van der Waals surface area contributed by atoms with Crippen molar-refractivity contribution >= 4 is 29.2 Å². The minimum atomic E-state index is -0.483. The number of carbonyl (C=O) groups excluding carboxylic acids is 2. The van der Waals surface area contributed by atoms with Gasteiger partial charge in [0.15, 0.2) is 0 Å². The molecule has 1 heterocycles. The van der Waals surface area contributed by atoms with Crippen molar-refractivity contribution in [1.82, 2.24) is 4.90 Å². The number of primary amides is 1. The third-order valence-electron chi connectivity index (χ3n) is 2.40. The highest BCUT2D eigenvalue weighted by Crippen LogP contribution is 2.08.